The highest BCUT2D eigenvalue weighted by molar-refractivity contribution is 5.89. The molecule has 0 aliphatic heterocycles. The molecule has 74 heavy (non-hydrogen) atoms. The van der Waals surface area contributed by atoms with Gasteiger partial charge in [0.2, 0.25) is 0 Å². The van der Waals surface area contributed by atoms with Crippen molar-refractivity contribution >= 4 is 11.1 Å². The standard InChI is InChI=1S/C74H86/c1-69(2,3)47-28-31-54-63(37-47)73(13,14)65-39-49(71(7,8)9)35-61(67(54)65)59-41-58-53-30-27-46(45-26-25-43-21-17-18-22-44(43)33-45)34-56(53)60(42-57(58)51-23-19-20-24-52(51)59)62-36-50(72(10,11)12)40-66-68(62)55-32-29-48(70(4,5)6)38-64(55)74(66,15)16/h17,19-21,23-26,28-29,31-32,34-35,37-40,44,59-60,62H,18,22,27,30,33,36,41-42H2,1-16H3. The lowest BCUT2D eigenvalue weighted by atomic mass is 9.59. The normalized spacial score (nSPS) is 24.6. The monoisotopic (exact) mass is 975 g/mol. The molecule has 0 nitrogen and oxygen atoms in total. The molecule has 0 radical (unpaired) electrons. The van der Waals surface area contributed by atoms with Crippen molar-refractivity contribution in [3.05, 3.63) is 209 Å². The van der Waals surface area contributed by atoms with E-state index in [0.717, 1.165) is 32.1 Å². The van der Waals surface area contributed by atoms with Gasteiger partial charge in [0.15, 0.2) is 0 Å². The van der Waals surface area contributed by atoms with Gasteiger partial charge in [0.25, 0.3) is 0 Å². The van der Waals surface area contributed by atoms with Crippen LogP contribution >= 0.6 is 0 Å². The molecule has 0 aromatic heterocycles. The fourth-order valence-electron chi connectivity index (χ4n) is 15.4. The molecule has 4 atom stereocenters. The summed E-state index contributed by atoms with van der Waals surface area (Å²) in [6.07, 6.45) is 24.4. The van der Waals surface area contributed by atoms with Gasteiger partial charge in [-0.25, -0.2) is 0 Å². The van der Waals surface area contributed by atoms with Crippen LogP contribution in [0.2, 0.25) is 0 Å². The number of hydrogen-bond acceptors (Lipinski definition) is 0. The summed E-state index contributed by atoms with van der Waals surface area (Å²) >= 11 is 0. The third-order valence-corrected chi connectivity index (χ3v) is 20.1. The van der Waals surface area contributed by atoms with Crippen molar-refractivity contribution in [1.29, 1.82) is 0 Å². The predicted molar refractivity (Wildman–Crippen MR) is 317 cm³/mol. The van der Waals surface area contributed by atoms with E-state index in [1.54, 1.807) is 50.2 Å². The van der Waals surface area contributed by atoms with Crippen LogP contribution in [0.5, 0.6) is 0 Å². The lowest BCUT2D eigenvalue weighted by Crippen LogP contribution is -2.31. The van der Waals surface area contributed by atoms with Gasteiger partial charge in [-0.1, -0.05) is 226 Å². The Morgan fingerprint density at radius 3 is 1.85 bits per heavy atom. The van der Waals surface area contributed by atoms with E-state index in [2.05, 4.69) is 220 Å². The average Bonchev–Trinajstić information content (AvgIpc) is 3.73. The fraction of sp³-hybridized carbons (Fsp3) is 0.459. The second-order valence-electron chi connectivity index (χ2n) is 29.5. The molecule has 8 aliphatic carbocycles. The minimum atomic E-state index is -0.105. The Morgan fingerprint density at radius 2 is 1.16 bits per heavy atom. The molecule has 4 unspecified atom stereocenters. The molecule has 0 heteroatoms. The Bertz CT molecular complexity index is 3350. The van der Waals surface area contributed by atoms with Crippen molar-refractivity contribution in [3.63, 3.8) is 0 Å². The van der Waals surface area contributed by atoms with Gasteiger partial charge in [0.1, 0.15) is 0 Å². The Balaban J connectivity index is 1.07. The lowest BCUT2D eigenvalue weighted by molar-refractivity contribution is 0.400. The lowest BCUT2D eigenvalue weighted by Gasteiger charge is -2.45. The molecule has 0 spiro atoms. The Labute approximate surface area is 447 Å². The molecule has 12 rings (SSSR count). The summed E-state index contributed by atoms with van der Waals surface area (Å²) in [6, 6.07) is 30.2. The highest BCUT2D eigenvalue weighted by Crippen LogP contribution is 2.63. The van der Waals surface area contributed by atoms with Crippen LogP contribution in [0, 0.1) is 23.2 Å². The first-order valence-corrected chi connectivity index (χ1v) is 29.0. The Hall–Kier alpha value is -5.20. The second-order valence-corrected chi connectivity index (χ2v) is 29.5. The van der Waals surface area contributed by atoms with E-state index in [1.807, 2.05) is 0 Å². The van der Waals surface area contributed by atoms with Gasteiger partial charge in [-0.3, -0.25) is 0 Å². The highest BCUT2D eigenvalue weighted by Gasteiger charge is 2.49. The van der Waals surface area contributed by atoms with Gasteiger partial charge >= 0.3 is 0 Å². The van der Waals surface area contributed by atoms with Crippen molar-refractivity contribution in [2.75, 3.05) is 0 Å². The van der Waals surface area contributed by atoms with Gasteiger partial charge < -0.3 is 0 Å². The molecule has 0 heterocycles. The molecule has 382 valence electrons. The maximum atomic E-state index is 2.81. The van der Waals surface area contributed by atoms with Crippen LogP contribution in [-0.4, -0.2) is 0 Å². The van der Waals surface area contributed by atoms with Crippen molar-refractivity contribution in [2.45, 2.75) is 195 Å². The largest absolute Gasteiger partial charge is 0.0842 e. The van der Waals surface area contributed by atoms with Crippen LogP contribution in [0.15, 0.2) is 154 Å². The number of allylic oxidation sites excluding steroid dienone is 16. The number of hydrogen-bond donors (Lipinski definition) is 0. The number of benzene rings is 4. The predicted octanol–water partition coefficient (Wildman–Crippen LogP) is 20.2. The first kappa shape index (κ1) is 49.7. The van der Waals surface area contributed by atoms with Crippen molar-refractivity contribution < 1.29 is 0 Å². The first-order chi connectivity index (χ1) is 34.7. The minimum Gasteiger partial charge on any atom is -0.0842 e. The molecule has 0 amide bonds. The van der Waals surface area contributed by atoms with E-state index in [4.69, 9.17) is 0 Å². The SMILES string of the molecule is CC(C)(C)C1=CC2=C(c3ccc(C(C)(C)C)cc3C2(C)C)C(C2CC3=C(CC(c4cc(C(C)(C)C)cc5c4-c4ccc(C(C)(C)C)cc4C5(C)C)c4ccccc43)C3=C2C=C(C2=CC=C4C=CCCC4C2)CC3)C1. The fourth-order valence-corrected chi connectivity index (χ4v) is 15.4. The third-order valence-electron chi connectivity index (χ3n) is 20.1. The van der Waals surface area contributed by atoms with Gasteiger partial charge in [-0.2, -0.15) is 0 Å². The van der Waals surface area contributed by atoms with Crippen molar-refractivity contribution in [3.8, 4) is 11.1 Å². The summed E-state index contributed by atoms with van der Waals surface area (Å²) in [5.74, 6) is 1.65. The third kappa shape index (κ3) is 7.78. The molecule has 4 aromatic rings. The smallest absolute Gasteiger partial charge is 0.0159 e. The zero-order valence-electron chi connectivity index (χ0n) is 48.4. The number of fused-ring (bicyclic) bond motifs is 9. The summed E-state index contributed by atoms with van der Waals surface area (Å²) in [5, 5.41) is 0. The molecular formula is C74H86. The van der Waals surface area contributed by atoms with E-state index in [1.165, 1.54) is 91.6 Å². The van der Waals surface area contributed by atoms with Crippen LogP contribution in [0.1, 0.15) is 224 Å². The van der Waals surface area contributed by atoms with E-state index in [0.29, 0.717) is 17.8 Å². The van der Waals surface area contributed by atoms with Crippen LogP contribution in [0.3, 0.4) is 0 Å². The van der Waals surface area contributed by atoms with Gasteiger partial charge in [0, 0.05) is 16.7 Å². The summed E-state index contributed by atoms with van der Waals surface area (Å²) < 4.78 is 0. The molecule has 4 aromatic carbocycles. The van der Waals surface area contributed by atoms with E-state index in [-0.39, 0.29) is 38.4 Å². The van der Waals surface area contributed by atoms with Crippen LogP contribution in [0.4, 0.5) is 0 Å². The average molecular weight is 976 g/mol. The Morgan fingerprint density at radius 1 is 0.500 bits per heavy atom. The molecule has 0 saturated carbocycles. The summed E-state index contributed by atoms with van der Waals surface area (Å²) in [7, 11) is 0. The van der Waals surface area contributed by atoms with E-state index < -0.39 is 0 Å². The van der Waals surface area contributed by atoms with Gasteiger partial charge in [-0.05, 0) is 208 Å². The summed E-state index contributed by atoms with van der Waals surface area (Å²) in [6.45, 7) is 39.0. The summed E-state index contributed by atoms with van der Waals surface area (Å²) in [4.78, 5) is 0. The quantitative estimate of drug-likeness (QED) is 0.192. The maximum Gasteiger partial charge on any atom is 0.0159 e. The highest BCUT2D eigenvalue weighted by atomic mass is 14.5. The van der Waals surface area contributed by atoms with E-state index in [9.17, 15) is 0 Å². The zero-order valence-corrected chi connectivity index (χ0v) is 48.4. The van der Waals surface area contributed by atoms with Crippen LogP contribution in [0.25, 0.3) is 22.3 Å². The molecule has 0 fully saturated rings. The Kier molecular flexibility index (Phi) is 11.2. The topological polar surface area (TPSA) is 0 Å². The molecule has 0 saturated heterocycles. The zero-order chi connectivity index (χ0) is 52.4. The molecule has 8 aliphatic rings. The molecule has 0 N–H and O–H groups in total. The van der Waals surface area contributed by atoms with Gasteiger partial charge in [0.05, 0.1) is 0 Å². The maximum absolute atomic E-state index is 2.81. The number of rotatable bonds is 3. The molecule has 0 bridgehead atoms. The van der Waals surface area contributed by atoms with E-state index >= 15 is 0 Å². The minimum absolute atomic E-state index is 0.00936. The van der Waals surface area contributed by atoms with Crippen LogP contribution < -0.4 is 0 Å². The van der Waals surface area contributed by atoms with Crippen LogP contribution in [-0.2, 0) is 27.1 Å². The van der Waals surface area contributed by atoms with Crippen molar-refractivity contribution in [1.82, 2.24) is 0 Å². The molecular weight excluding hydrogens is 889 g/mol. The second kappa shape index (κ2) is 16.6. The first-order valence-electron chi connectivity index (χ1n) is 29.0. The van der Waals surface area contributed by atoms with Gasteiger partial charge in [-0.15, -0.1) is 0 Å². The summed E-state index contributed by atoms with van der Waals surface area (Å²) in [5.41, 5.74) is 34.2. The van der Waals surface area contributed by atoms with Crippen molar-refractivity contribution in [2.24, 2.45) is 23.2 Å².